The molecule has 28 heavy (non-hydrogen) atoms. The molecule has 0 aliphatic carbocycles. The Bertz CT molecular complexity index is 917. The Balaban J connectivity index is 2.41. The summed E-state index contributed by atoms with van der Waals surface area (Å²) in [6, 6.07) is 12.3. The molecule has 0 spiro atoms. The van der Waals surface area contributed by atoms with Crippen molar-refractivity contribution in [2.75, 3.05) is 5.32 Å². The van der Waals surface area contributed by atoms with Gasteiger partial charge in [0.1, 0.15) is 0 Å². The number of aliphatic imine (C=N–C) groups is 1. The fraction of sp³-hybridized carbons (Fsp3) is 0.192. The average Bonchev–Trinajstić information content (AvgIpc) is 2.67. The van der Waals surface area contributed by atoms with Crippen LogP contribution in [0.4, 0.5) is 11.4 Å². The molecule has 0 aromatic heterocycles. The largest absolute Gasteiger partial charge is 0.358 e. The van der Waals surface area contributed by atoms with E-state index in [9.17, 15) is 0 Å². The number of hydrogen-bond acceptors (Lipinski definition) is 2. The zero-order chi connectivity index (χ0) is 20.7. The molecule has 0 aliphatic rings. The van der Waals surface area contributed by atoms with Crippen LogP contribution in [0.3, 0.4) is 0 Å². The maximum absolute atomic E-state index is 4.91. The topological polar surface area (TPSA) is 24.4 Å². The first-order valence-electron chi connectivity index (χ1n) is 9.55. The number of anilines is 1. The van der Waals surface area contributed by atoms with Crippen molar-refractivity contribution < 1.29 is 0 Å². The van der Waals surface area contributed by atoms with Gasteiger partial charge in [-0.05, 0) is 48.1 Å². The molecule has 0 atom stereocenters. The van der Waals surface area contributed by atoms with E-state index in [1.807, 2.05) is 50.3 Å². The van der Waals surface area contributed by atoms with Crippen LogP contribution in [0, 0.1) is 0 Å². The summed E-state index contributed by atoms with van der Waals surface area (Å²) in [5, 5.41) is 3.48. The van der Waals surface area contributed by atoms with E-state index in [1.54, 1.807) is 0 Å². The molecule has 0 aliphatic heterocycles. The molecule has 0 bridgehead atoms. The van der Waals surface area contributed by atoms with Crippen LogP contribution in [-0.2, 0) is 0 Å². The lowest BCUT2D eigenvalue weighted by Crippen LogP contribution is -2.02. The van der Waals surface area contributed by atoms with Crippen LogP contribution in [-0.4, -0.2) is 5.71 Å². The quantitative estimate of drug-likeness (QED) is 0.470. The van der Waals surface area contributed by atoms with Crippen molar-refractivity contribution in [1.29, 1.82) is 0 Å². The molecule has 2 nitrogen and oxygen atoms in total. The second-order valence-electron chi connectivity index (χ2n) is 7.07. The van der Waals surface area contributed by atoms with Gasteiger partial charge in [0, 0.05) is 11.4 Å². The summed E-state index contributed by atoms with van der Waals surface area (Å²) in [5.41, 5.74) is 8.28. The molecule has 0 amide bonds. The molecule has 0 saturated carbocycles. The number of benzene rings is 2. The molecule has 1 N–H and O–H groups in total. The van der Waals surface area contributed by atoms with Crippen LogP contribution < -0.4 is 5.32 Å². The summed E-state index contributed by atoms with van der Waals surface area (Å²) < 4.78 is 0. The molecule has 0 saturated heterocycles. The van der Waals surface area contributed by atoms with Gasteiger partial charge in [-0.2, -0.15) is 0 Å². The SMILES string of the molecule is C=Cc1cccc(C(C)C)c1N=C(C)C=C(C)Nc1c(C=C)cccc1C=C. The minimum atomic E-state index is 0.393. The summed E-state index contributed by atoms with van der Waals surface area (Å²) in [5.74, 6) is 0.393. The predicted molar refractivity (Wildman–Crippen MR) is 127 cm³/mol. The van der Waals surface area contributed by atoms with Crippen LogP contribution >= 0.6 is 0 Å². The van der Waals surface area contributed by atoms with Gasteiger partial charge >= 0.3 is 0 Å². The second kappa shape index (κ2) is 9.70. The summed E-state index contributed by atoms with van der Waals surface area (Å²) in [6.45, 7) is 20.2. The number of para-hydroxylation sites is 2. The molecule has 0 heterocycles. The van der Waals surface area contributed by atoms with Crippen molar-refractivity contribution in [3.63, 3.8) is 0 Å². The van der Waals surface area contributed by atoms with Crippen LogP contribution in [0.5, 0.6) is 0 Å². The first-order valence-corrected chi connectivity index (χ1v) is 9.55. The van der Waals surface area contributed by atoms with E-state index >= 15 is 0 Å². The highest BCUT2D eigenvalue weighted by Gasteiger charge is 2.09. The van der Waals surface area contributed by atoms with Crippen molar-refractivity contribution in [2.24, 2.45) is 4.99 Å². The normalized spacial score (nSPS) is 12.0. The smallest absolute Gasteiger partial charge is 0.0739 e. The van der Waals surface area contributed by atoms with Crippen LogP contribution in [0.2, 0.25) is 0 Å². The molecule has 0 radical (unpaired) electrons. The monoisotopic (exact) mass is 370 g/mol. The fourth-order valence-corrected chi connectivity index (χ4v) is 3.17. The lowest BCUT2D eigenvalue weighted by Gasteiger charge is -2.14. The number of nitrogens with one attached hydrogen (secondary N) is 1. The first kappa shape index (κ1) is 21.2. The van der Waals surface area contributed by atoms with E-state index in [1.165, 1.54) is 5.56 Å². The van der Waals surface area contributed by atoms with Crippen molar-refractivity contribution >= 4 is 35.3 Å². The van der Waals surface area contributed by atoms with E-state index in [4.69, 9.17) is 4.99 Å². The molecular weight excluding hydrogens is 340 g/mol. The van der Waals surface area contributed by atoms with Crippen molar-refractivity contribution in [2.45, 2.75) is 33.6 Å². The summed E-state index contributed by atoms with van der Waals surface area (Å²) in [4.78, 5) is 4.91. The average molecular weight is 371 g/mol. The number of hydrogen-bond donors (Lipinski definition) is 1. The Morgan fingerprint density at radius 2 is 1.43 bits per heavy atom. The highest BCUT2D eigenvalue weighted by Crippen LogP contribution is 2.31. The highest BCUT2D eigenvalue weighted by atomic mass is 14.9. The maximum atomic E-state index is 4.91. The number of allylic oxidation sites excluding steroid dienone is 2. The van der Waals surface area contributed by atoms with Crippen molar-refractivity contribution in [1.82, 2.24) is 0 Å². The van der Waals surface area contributed by atoms with E-state index in [-0.39, 0.29) is 0 Å². The lowest BCUT2D eigenvalue weighted by molar-refractivity contribution is 0.866. The predicted octanol–water partition coefficient (Wildman–Crippen LogP) is 7.85. The highest BCUT2D eigenvalue weighted by molar-refractivity contribution is 5.96. The molecule has 0 unspecified atom stereocenters. The minimum absolute atomic E-state index is 0.393. The van der Waals surface area contributed by atoms with Gasteiger partial charge in [-0.25, -0.2) is 0 Å². The van der Waals surface area contributed by atoms with Gasteiger partial charge in [0.25, 0.3) is 0 Å². The summed E-state index contributed by atoms with van der Waals surface area (Å²) in [6.07, 6.45) is 7.61. The van der Waals surface area contributed by atoms with Gasteiger partial charge in [0.05, 0.1) is 11.4 Å². The van der Waals surface area contributed by atoms with Gasteiger partial charge in [-0.15, -0.1) is 0 Å². The molecular formula is C26H30N2. The van der Waals surface area contributed by atoms with Crippen LogP contribution in [0.15, 0.2) is 72.9 Å². The van der Waals surface area contributed by atoms with Gasteiger partial charge in [-0.1, -0.05) is 88.2 Å². The Morgan fingerprint density at radius 3 is 1.96 bits per heavy atom. The molecule has 2 aromatic rings. The van der Waals surface area contributed by atoms with E-state index in [0.717, 1.165) is 39.5 Å². The zero-order valence-corrected chi connectivity index (χ0v) is 17.4. The minimum Gasteiger partial charge on any atom is -0.358 e. The number of nitrogens with zero attached hydrogens (tertiary/aromatic N) is 1. The van der Waals surface area contributed by atoms with Crippen molar-refractivity contribution in [3.8, 4) is 0 Å². The van der Waals surface area contributed by atoms with Gasteiger partial charge in [0.15, 0.2) is 0 Å². The van der Waals surface area contributed by atoms with Gasteiger partial charge in [0.2, 0.25) is 0 Å². The van der Waals surface area contributed by atoms with E-state index < -0.39 is 0 Å². The molecule has 2 aromatic carbocycles. The Kier molecular flexibility index (Phi) is 7.34. The molecule has 0 fully saturated rings. The second-order valence-corrected chi connectivity index (χ2v) is 7.07. The Labute approximate surface area is 169 Å². The molecule has 144 valence electrons. The third kappa shape index (κ3) is 4.98. The van der Waals surface area contributed by atoms with Gasteiger partial charge < -0.3 is 5.32 Å². The molecule has 2 heteroatoms. The third-order valence-corrected chi connectivity index (χ3v) is 4.54. The Morgan fingerprint density at radius 1 is 0.893 bits per heavy atom. The maximum Gasteiger partial charge on any atom is 0.0739 e. The first-order chi connectivity index (χ1) is 13.4. The zero-order valence-electron chi connectivity index (χ0n) is 17.4. The number of rotatable bonds is 8. The Hall–Kier alpha value is -3.13. The lowest BCUT2D eigenvalue weighted by atomic mass is 9.98. The van der Waals surface area contributed by atoms with E-state index in [2.05, 4.69) is 63.2 Å². The standard InChI is InChI=1S/C26H30N2/c1-8-21-13-11-14-22(9-2)25(21)27-19(6)17-20(7)28-26-23(10-3)15-12-16-24(26)18(4)5/h8-18,27H,1-3H2,4-7H3. The van der Waals surface area contributed by atoms with Crippen LogP contribution in [0.1, 0.15) is 55.9 Å². The third-order valence-electron chi connectivity index (χ3n) is 4.54. The van der Waals surface area contributed by atoms with E-state index in [0.29, 0.717) is 5.92 Å². The van der Waals surface area contributed by atoms with Crippen molar-refractivity contribution in [3.05, 3.63) is 90.2 Å². The van der Waals surface area contributed by atoms with Crippen LogP contribution in [0.25, 0.3) is 18.2 Å². The molecule has 2 rings (SSSR count). The summed E-state index contributed by atoms with van der Waals surface area (Å²) >= 11 is 0. The fourth-order valence-electron chi connectivity index (χ4n) is 3.17. The summed E-state index contributed by atoms with van der Waals surface area (Å²) in [7, 11) is 0. The van der Waals surface area contributed by atoms with Gasteiger partial charge in [-0.3, -0.25) is 4.99 Å².